The highest BCUT2D eigenvalue weighted by Crippen LogP contribution is 2.20. The predicted octanol–water partition coefficient (Wildman–Crippen LogP) is 1.47. The fourth-order valence-corrected chi connectivity index (χ4v) is 2.47. The first-order chi connectivity index (χ1) is 9.78. The summed E-state index contributed by atoms with van der Waals surface area (Å²) in [5.41, 5.74) is -0.899. The molecule has 1 aliphatic heterocycles. The molecule has 1 unspecified atom stereocenters. The van der Waals surface area contributed by atoms with E-state index in [1.165, 1.54) is 0 Å². The van der Waals surface area contributed by atoms with Crippen molar-refractivity contribution in [1.29, 1.82) is 0 Å². The molecule has 0 aliphatic carbocycles. The van der Waals surface area contributed by atoms with Crippen LogP contribution in [-0.4, -0.2) is 67.2 Å². The van der Waals surface area contributed by atoms with Crippen molar-refractivity contribution in [2.45, 2.75) is 33.1 Å². The number of carboxylic acid groups (broad SMARTS) is 1. The molecule has 1 saturated heterocycles. The first-order valence-electron chi connectivity index (χ1n) is 7.69. The average Bonchev–Trinajstić information content (AvgIpc) is 2.46. The van der Waals surface area contributed by atoms with Gasteiger partial charge in [0.15, 0.2) is 0 Å². The van der Waals surface area contributed by atoms with Crippen LogP contribution in [0, 0.1) is 11.3 Å². The van der Waals surface area contributed by atoms with Crippen LogP contribution in [0.1, 0.15) is 33.1 Å². The molecule has 0 aromatic rings. The van der Waals surface area contributed by atoms with Gasteiger partial charge in [0, 0.05) is 20.1 Å². The van der Waals surface area contributed by atoms with Crippen molar-refractivity contribution in [1.82, 2.24) is 15.1 Å². The van der Waals surface area contributed by atoms with Gasteiger partial charge in [-0.15, -0.1) is 0 Å². The second-order valence-corrected chi connectivity index (χ2v) is 6.51. The molecule has 0 bridgehead atoms. The molecule has 6 heteroatoms. The van der Waals surface area contributed by atoms with Crippen molar-refractivity contribution in [2.24, 2.45) is 11.3 Å². The minimum atomic E-state index is -0.899. The Morgan fingerprint density at radius 2 is 1.95 bits per heavy atom. The Bertz CT molecular complexity index is 367. The molecule has 1 rings (SSSR count). The third kappa shape index (κ3) is 5.19. The lowest BCUT2D eigenvalue weighted by Crippen LogP contribution is -2.47. The zero-order valence-corrected chi connectivity index (χ0v) is 13.7. The largest absolute Gasteiger partial charge is 0.481 e. The number of urea groups is 1. The Morgan fingerprint density at radius 1 is 1.38 bits per heavy atom. The number of likely N-dealkylation sites (tertiary alicyclic amines) is 1. The zero-order valence-electron chi connectivity index (χ0n) is 13.7. The van der Waals surface area contributed by atoms with Crippen molar-refractivity contribution < 1.29 is 14.7 Å². The maximum Gasteiger partial charge on any atom is 0.317 e. The third-order valence-corrected chi connectivity index (χ3v) is 4.64. The molecule has 1 atom stereocenters. The number of carbonyl (C=O) groups is 2. The summed E-state index contributed by atoms with van der Waals surface area (Å²) in [6, 6.07) is -0.185. The van der Waals surface area contributed by atoms with E-state index in [1.807, 2.05) is 6.92 Å². The van der Waals surface area contributed by atoms with E-state index in [4.69, 9.17) is 0 Å². The number of nitrogens with zero attached hydrogens (tertiary/aromatic N) is 2. The summed E-state index contributed by atoms with van der Waals surface area (Å²) in [5, 5.41) is 11.9. The summed E-state index contributed by atoms with van der Waals surface area (Å²) in [6.07, 6.45) is 2.70. The number of carbonyl (C=O) groups excluding carboxylic acids is 1. The molecule has 0 radical (unpaired) electrons. The fraction of sp³-hybridized carbons (Fsp3) is 0.867. The Kier molecular flexibility index (Phi) is 6.45. The van der Waals surface area contributed by atoms with Crippen LogP contribution in [0.2, 0.25) is 0 Å². The van der Waals surface area contributed by atoms with Gasteiger partial charge in [0.2, 0.25) is 0 Å². The smallest absolute Gasteiger partial charge is 0.317 e. The van der Waals surface area contributed by atoms with E-state index in [2.05, 4.69) is 17.3 Å². The second kappa shape index (κ2) is 7.64. The van der Waals surface area contributed by atoms with Crippen LogP contribution in [0.3, 0.4) is 0 Å². The van der Waals surface area contributed by atoms with Crippen molar-refractivity contribution in [2.75, 3.05) is 40.3 Å². The van der Waals surface area contributed by atoms with Crippen molar-refractivity contribution >= 4 is 12.0 Å². The molecule has 2 N–H and O–H groups in total. The van der Waals surface area contributed by atoms with Gasteiger partial charge < -0.3 is 20.2 Å². The average molecular weight is 299 g/mol. The maximum atomic E-state index is 12.1. The number of aliphatic carboxylic acids is 1. The highest BCUT2D eigenvalue weighted by Gasteiger charge is 2.32. The van der Waals surface area contributed by atoms with Crippen LogP contribution in [0.25, 0.3) is 0 Å². The number of piperidine rings is 1. The number of carboxylic acids is 1. The van der Waals surface area contributed by atoms with Gasteiger partial charge >= 0.3 is 12.0 Å². The number of hydrogen-bond acceptors (Lipinski definition) is 3. The predicted molar refractivity (Wildman–Crippen MR) is 82.3 cm³/mol. The van der Waals surface area contributed by atoms with Gasteiger partial charge in [-0.2, -0.15) is 0 Å². The third-order valence-electron chi connectivity index (χ3n) is 4.64. The molecule has 0 aromatic heterocycles. The van der Waals surface area contributed by atoms with E-state index in [0.717, 1.165) is 32.5 Å². The van der Waals surface area contributed by atoms with Crippen LogP contribution in [0.15, 0.2) is 0 Å². The van der Waals surface area contributed by atoms with E-state index in [1.54, 1.807) is 18.9 Å². The van der Waals surface area contributed by atoms with E-state index < -0.39 is 11.4 Å². The standard InChI is InChI=1S/C15H29N3O3/c1-5-15(2,13(19)20)11-16-14(21)18(4)10-12-6-8-17(3)9-7-12/h12H,5-11H2,1-4H3,(H,16,21)(H,19,20). The van der Waals surface area contributed by atoms with Gasteiger partial charge in [-0.1, -0.05) is 6.92 Å². The number of hydrogen-bond donors (Lipinski definition) is 2. The highest BCUT2D eigenvalue weighted by molar-refractivity contribution is 5.77. The van der Waals surface area contributed by atoms with E-state index in [-0.39, 0.29) is 12.6 Å². The summed E-state index contributed by atoms with van der Waals surface area (Å²) >= 11 is 0. The second-order valence-electron chi connectivity index (χ2n) is 6.51. The Hall–Kier alpha value is -1.30. The van der Waals surface area contributed by atoms with Crippen LogP contribution >= 0.6 is 0 Å². The minimum Gasteiger partial charge on any atom is -0.481 e. The summed E-state index contributed by atoms with van der Waals surface area (Å²) in [6.45, 7) is 6.53. The summed E-state index contributed by atoms with van der Waals surface area (Å²) in [5.74, 6) is -0.336. The number of amides is 2. The fourth-order valence-electron chi connectivity index (χ4n) is 2.47. The Labute approximate surface area is 127 Å². The zero-order chi connectivity index (χ0) is 16.0. The number of nitrogens with one attached hydrogen (secondary N) is 1. The van der Waals surface area contributed by atoms with Gasteiger partial charge in [0.05, 0.1) is 5.41 Å². The monoisotopic (exact) mass is 299 g/mol. The van der Waals surface area contributed by atoms with Crippen molar-refractivity contribution in [3.63, 3.8) is 0 Å². The van der Waals surface area contributed by atoms with Gasteiger partial charge in [-0.3, -0.25) is 4.79 Å². The van der Waals surface area contributed by atoms with Crippen LogP contribution < -0.4 is 5.32 Å². The normalized spacial score (nSPS) is 19.8. The van der Waals surface area contributed by atoms with Crippen LogP contribution in [0.4, 0.5) is 4.79 Å². The lowest BCUT2D eigenvalue weighted by molar-refractivity contribution is -0.147. The first-order valence-corrected chi connectivity index (χ1v) is 7.69. The summed E-state index contributed by atoms with van der Waals surface area (Å²) in [7, 11) is 3.89. The molecule has 0 aromatic carbocycles. The van der Waals surface area contributed by atoms with E-state index >= 15 is 0 Å². The maximum absolute atomic E-state index is 12.1. The van der Waals surface area contributed by atoms with Crippen LogP contribution in [0.5, 0.6) is 0 Å². The van der Waals surface area contributed by atoms with Gasteiger partial charge in [-0.25, -0.2) is 4.79 Å². The molecule has 122 valence electrons. The quantitative estimate of drug-likeness (QED) is 0.779. The molecule has 21 heavy (non-hydrogen) atoms. The highest BCUT2D eigenvalue weighted by atomic mass is 16.4. The molecule has 1 fully saturated rings. The molecule has 6 nitrogen and oxygen atoms in total. The minimum absolute atomic E-state index is 0.162. The van der Waals surface area contributed by atoms with Crippen LogP contribution in [-0.2, 0) is 4.79 Å². The molecular weight excluding hydrogens is 270 g/mol. The lowest BCUT2D eigenvalue weighted by Gasteiger charge is -2.32. The van der Waals surface area contributed by atoms with E-state index in [0.29, 0.717) is 12.3 Å². The summed E-state index contributed by atoms with van der Waals surface area (Å²) in [4.78, 5) is 27.3. The molecule has 0 saturated carbocycles. The van der Waals surface area contributed by atoms with Crippen molar-refractivity contribution in [3.05, 3.63) is 0 Å². The molecule has 0 spiro atoms. The number of rotatable bonds is 6. The van der Waals surface area contributed by atoms with Gasteiger partial charge in [-0.05, 0) is 52.2 Å². The summed E-state index contributed by atoms with van der Waals surface area (Å²) < 4.78 is 0. The molecule has 1 heterocycles. The Morgan fingerprint density at radius 3 is 2.43 bits per heavy atom. The van der Waals surface area contributed by atoms with Crippen molar-refractivity contribution in [3.8, 4) is 0 Å². The SMILES string of the molecule is CCC(C)(CNC(=O)N(C)CC1CCN(C)CC1)C(=O)O. The lowest BCUT2D eigenvalue weighted by atomic mass is 9.88. The molecule has 1 aliphatic rings. The van der Waals surface area contributed by atoms with E-state index in [9.17, 15) is 14.7 Å². The molecular formula is C15H29N3O3. The Balaban J connectivity index is 2.39. The van der Waals surface area contributed by atoms with Gasteiger partial charge in [0.25, 0.3) is 0 Å². The molecule has 2 amide bonds. The van der Waals surface area contributed by atoms with Gasteiger partial charge in [0.1, 0.15) is 0 Å². The first kappa shape index (κ1) is 17.8. The topological polar surface area (TPSA) is 72.9 Å².